The number of hydrogen-bond donors (Lipinski definition) is 2. The van der Waals surface area contributed by atoms with Gasteiger partial charge in [-0.3, -0.25) is 4.40 Å². The highest BCUT2D eigenvalue weighted by molar-refractivity contribution is 5.73. The average molecular weight is 474 g/mol. The van der Waals surface area contributed by atoms with Gasteiger partial charge in [-0.25, -0.2) is 14.3 Å². The summed E-state index contributed by atoms with van der Waals surface area (Å²) in [7, 11) is 0. The number of fused-ring (bicyclic) bond motifs is 2. The van der Waals surface area contributed by atoms with Crippen molar-refractivity contribution in [1.82, 2.24) is 14.2 Å². The predicted molar refractivity (Wildman–Crippen MR) is 103 cm³/mol. The summed E-state index contributed by atoms with van der Waals surface area (Å²) in [6.45, 7) is -0.510. The lowest BCUT2D eigenvalue weighted by molar-refractivity contribution is -0.192. The first-order chi connectivity index (χ1) is 15.5. The maximum Gasteiger partial charge on any atom is 0.490 e. The summed E-state index contributed by atoms with van der Waals surface area (Å²) in [5.41, 5.74) is 6.47. The quantitative estimate of drug-likeness (QED) is 0.558. The molecule has 0 radical (unpaired) electrons. The van der Waals surface area contributed by atoms with E-state index in [0.717, 1.165) is 15.8 Å². The predicted octanol–water partition coefficient (Wildman–Crippen LogP) is 2.63. The van der Waals surface area contributed by atoms with Crippen LogP contribution in [0.5, 0.6) is 11.5 Å². The topological polar surface area (TPSA) is 121 Å². The Bertz CT molecular complexity index is 1280. The van der Waals surface area contributed by atoms with Gasteiger partial charge in [0, 0.05) is 18.3 Å². The fourth-order valence-electron chi connectivity index (χ4n) is 2.76. The van der Waals surface area contributed by atoms with Crippen LogP contribution in [0.2, 0.25) is 0 Å². The number of aromatic nitrogens is 3. The lowest BCUT2D eigenvalue weighted by Crippen LogP contribution is -2.24. The number of nitrogens with zero attached hydrogens (tertiary/aromatic N) is 3. The van der Waals surface area contributed by atoms with Crippen LogP contribution >= 0.6 is 0 Å². The molecule has 1 aliphatic rings. The van der Waals surface area contributed by atoms with E-state index in [1.165, 1.54) is 4.40 Å². The average Bonchev–Trinajstić information content (AvgIpc) is 3.35. The van der Waals surface area contributed by atoms with E-state index in [1.807, 2.05) is 12.1 Å². The Kier molecular flexibility index (Phi) is 6.67. The molecule has 0 atom stereocenters. The highest BCUT2D eigenvalue weighted by atomic mass is 19.4. The lowest BCUT2D eigenvalue weighted by Gasteiger charge is -2.03. The molecule has 1 aliphatic heterocycles. The highest BCUT2D eigenvalue weighted by Crippen LogP contribution is 2.35. The van der Waals surface area contributed by atoms with E-state index >= 15 is 0 Å². The summed E-state index contributed by atoms with van der Waals surface area (Å²) >= 11 is 0. The molecule has 1 aromatic carbocycles. The standard InChI is InChI=1S/C17H14F2N4O3.C2HF3O2/c18-16(19)12(7-20)8-23-17(24)22-4-3-11(6-15(22)21-23)10-1-2-13-14(5-10)26-9-25-13;3-2(4,5)1(6)7/h1-6H,7-9,20H2;(H,6,7). The molecule has 9 nitrogen and oxygen atoms in total. The number of pyridine rings is 1. The molecule has 0 fully saturated rings. The third-order valence-corrected chi connectivity index (χ3v) is 4.39. The number of alkyl halides is 3. The smallest absolute Gasteiger partial charge is 0.475 e. The van der Waals surface area contributed by atoms with E-state index in [2.05, 4.69) is 5.10 Å². The Balaban J connectivity index is 0.000000383. The number of aliphatic carboxylic acids is 1. The van der Waals surface area contributed by atoms with Crippen LogP contribution in [0.3, 0.4) is 0 Å². The number of benzene rings is 1. The summed E-state index contributed by atoms with van der Waals surface area (Å²) in [6, 6.07) is 8.94. The van der Waals surface area contributed by atoms with Crippen molar-refractivity contribution < 1.29 is 41.3 Å². The van der Waals surface area contributed by atoms with Crippen molar-refractivity contribution in [1.29, 1.82) is 0 Å². The zero-order valence-electron chi connectivity index (χ0n) is 16.5. The zero-order chi connectivity index (χ0) is 24.3. The first-order valence-electron chi connectivity index (χ1n) is 9.03. The second kappa shape index (κ2) is 9.28. The van der Waals surface area contributed by atoms with Crippen LogP contribution in [-0.4, -0.2) is 44.8 Å². The van der Waals surface area contributed by atoms with Gasteiger partial charge >= 0.3 is 17.8 Å². The van der Waals surface area contributed by atoms with E-state index in [-0.39, 0.29) is 25.5 Å². The number of carboxylic acid groups (broad SMARTS) is 1. The van der Waals surface area contributed by atoms with Crippen molar-refractivity contribution in [3.8, 4) is 22.6 Å². The molecule has 33 heavy (non-hydrogen) atoms. The number of ether oxygens (including phenoxy) is 2. The largest absolute Gasteiger partial charge is 0.490 e. The van der Waals surface area contributed by atoms with Gasteiger partial charge in [-0.15, -0.1) is 5.10 Å². The molecule has 176 valence electrons. The van der Waals surface area contributed by atoms with Crippen molar-refractivity contribution in [2.45, 2.75) is 12.7 Å². The fraction of sp³-hybridized carbons (Fsp3) is 0.211. The van der Waals surface area contributed by atoms with E-state index < -0.39 is 23.9 Å². The highest BCUT2D eigenvalue weighted by Gasteiger charge is 2.38. The summed E-state index contributed by atoms with van der Waals surface area (Å²) in [5.74, 6) is -1.45. The molecule has 0 saturated heterocycles. The molecule has 4 rings (SSSR count). The zero-order valence-corrected chi connectivity index (χ0v) is 16.5. The van der Waals surface area contributed by atoms with E-state index in [0.29, 0.717) is 17.1 Å². The Hall–Kier alpha value is -3.94. The van der Waals surface area contributed by atoms with Crippen LogP contribution in [0.15, 0.2) is 53.0 Å². The third kappa shape index (κ3) is 5.28. The van der Waals surface area contributed by atoms with Crippen LogP contribution in [0, 0.1) is 0 Å². The molecule has 0 unspecified atom stereocenters. The van der Waals surface area contributed by atoms with Gasteiger partial charge in [0.05, 0.1) is 6.54 Å². The van der Waals surface area contributed by atoms with Crippen molar-refractivity contribution in [3.63, 3.8) is 0 Å². The molecular formula is C19H15F5N4O5. The molecule has 0 amide bonds. The van der Waals surface area contributed by atoms with Crippen LogP contribution < -0.4 is 20.9 Å². The number of hydrogen-bond acceptors (Lipinski definition) is 6. The molecule has 3 aromatic rings. The number of carboxylic acids is 1. The minimum Gasteiger partial charge on any atom is -0.475 e. The van der Waals surface area contributed by atoms with Crippen molar-refractivity contribution in [2.24, 2.45) is 5.73 Å². The van der Waals surface area contributed by atoms with Crippen molar-refractivity contribution in [2.75, 3.05) is 13.3 Å². The Morgan fingerprint density at radius 3 is 2.36 bits per heavy atom. The van der Waals surface area contributed by atoms with Crippen LogP contribution in [0.1, 0.15) is 0 Å². The fourth-order valence-corrected chi connectivity index (χ4v) is 2.76. The number of nitrogens with two attached hydrogens (primary N) is 1. The van der Waals surface area contributed by atoms with Gasteiger partial charge in [0.15, 0.2) is 17.1 Å². The van der Waals surface area contributed by atoms with Gasteiger partial charge in [-0.1, -0.05) is 6.07 Å². The van der Waals surface area contributed by atoms with Crippen molar-refractivity contribution in [3.05, 3.63) is 58.7 Å². The number of carbonyl (C=O) groups is 1. The maximum absolute atomic E-state index is 12.8. The molecule has 2 aromatic heterocycles. The number of halogens is 5. The Morgan fingerprint density at radius 1 is 1.12 bits per heavy atom. The minimum absolute atomic E-state index is 0.180. The molecule has 0 saturated carbocycles. The van der Waals surface area contributed by atoms with Gasteiger partial charge in [-0.2, -0.15) is 22.0 Å². The second-order valence-electron chi connectivity index (χ2n) is 6.52. The lowest BCUT2D eigenvalue weighted by atomic mass is 10.1. The summed E-state index contributed by atoms with van der Waals surface area (Å²) in [4.78, 5) is 21.2. The molecule has 0 aliphatic carbocycles. The monoisotopic (exact) mass is 474 g/mol. The van der Waals surface area contributed by atoms with E-state index in [4.69, 9.17) is 25.1 Å². The molecule has 0 spiro atoms. The molecule has 14 heteroatoms. The minimum atomic E-state index is -5.08. The molecule has 0 bridgehead atoms. The Morgan fingerprint density at radius 2 is 1.76 bits per heavy atom. The summed E-state index contributed by atoms with van der Waals surface area (Å²) in [6.07, 6.45) is -5.42. The third-order valence-electron chi connectivity index (χ3n) is 4.39. The Labute approximate surface area is 181 Å². The second-order valence-corrected chi connectivity index (χ2v) is 6.52. The summed E-state index contributed by atoms with van der Waals surface area (Å²) < 4.78 is 70.2. The van der Waals surface area contributed by atoms with Crippen LogP contribution in [0.25, 0.3) is 16.8 Å². The van der Waals surface area contributed by atoms with Crippen LogP contribution in [-0.2, 0) is 11.3 Å². The summed E-state index contributed by atoms with van der Waals surface area (Å²) in [5, 5.41) is 11.3. The first kappa shape index (κ1) is 23.7. The van der Waals surface area contributed by atoms with Gasteiger partial charge in [-0.05, 0) is 35.4 Å². The molecule has 3 N–H and O–H groups in total. The van der Waals surface area contributed by atoms with E-state index in [9.17, 15) is 26.7 Å². The first-order valence-corrected chi connectivity index (χ1v) is 9.03. The van der Waals surface area contributed by atoms with Crippen molar-refractivity contribution >= 4 is 11.6 Å². The maximum atomic E-state index is 12.8. The van der Waals surface area contributed by atoms with E-state index in [1.54, 1.807) is 24.4 Å². The van der Waals surface area contributed by atoms with Crippen LogP contribution in [0.4, 0.5) is 22.0 Å². The van der Waals surface area contributed by atoms with Gasteiger partial charge in [0.1, 0.15) is 0 Å². The van der Waals surface area contributed by atoms with Gasteiger partial charge in [0.2, 0.25) is 6.79 Å². The van der Waals surface area contributed by atoms with Gasteiger partial charge in [0.25, 0.3) is 6.08 Å². The SMILES string of the molecule is NCC(Cn1nc2cc(-c3ccc4c(c3)OCO4)ccn2c1=O)=C(F)F.O=C(O)C(F)(F)F. The van der Waals surface area contributed by atoms with Gasteiger partial charge < -0.3 is 20.3 Å². The molecular weight excluding hydrogens is 459 g/mol. The molecule has 3 heterocycles. The normalized spacial score (nSPS) is 12.3. The number of rotatable bonds is 4.